The minimum atomic E-state index is -0.543. The molecule has 3 heteroatoms. The van der Waals surface area contributed by atoms with E-state index in [0.717, 1.165) is 5.69 Å². The maximum atomic E-state index is 4.11. The molecule has 1 radical (unpaired) electrons. The van der Waals surface area contributed by atoms with Crippen molar-refractivity contribution in [3.8, 4) is 22.3 Å². The Kier molecular flexibility index (Phi) is 8.13. The smallest absolute Gasteiger partial charge is 0.197 e. The van der Waals surface area contributed by atoms with Gasteiger partial charge in [-0.25, -0.2) is 0 Å². The van der Waals surface area contributed by atoms with Crippen LogP contribution in [0.4, 0.5) is 22.7 Å². The molecule has 2 nitrogen and oxygen atoms in total. The number of aryl methyl sites for hydroxylation is 2. The molecule has 3 aliphatic heterocycles. The summed E-state index contributed by atoms with van der Waals surface area (Å²) in [5, 5.41) is 4.11. The van der Waals surface area contributed by atoms with Crippen molar-refractivity contribution in [1.82, 2.24) is 0 Å². The molecule has 1 aliphatic carbocycles. The number of benzene rings is 7. The third-order valence-corrected chi connectivity index (χ3v) is 15.3. The van der Waals surface area contributed by atoms with Crippen molar-refractivity contribution in [2.75, 3.05) is 10.2 Å². The summed E-state index contributed by atoms with van der Waals surface area (Å²) >= 11 is 0. The second kappa shape index (κ2) is 13.1. The molecule has 4 aliphatic rings. The molecule has 0 spiro atoms. The van der Waals surface area contributed by atoms with Crippen LogP contribution in [0.2, 0.25) is 0 Å². The van der Waals surface area contributed by atoms with E-state index in [1.807, 2.05) is 0 Å². The van der Waals surface area contributed by atoms with Gasteiger partial charge in [0.15, 0.2) is 7.28 Å². The van der Waals surface area contributed by atoms with Gasteiger partial charge in [0.1, 0.15) is 0 Å². The lowest BCUT2D eigenvalue weighted by atomic mass is 9.56. The van der Waals surface area contributed by atoms with Gasteiger partial charge in [-0.15, -0.1) is 0 Å². The Labute approximate surface area is 358 Å². The van der Waals surface area contributed by atoms with E-state index in [1.165, 1.54) is 115 Å². The van der Waals surface area contributed by atoms with Crippen LogP contribution >= 0.6 is 0 Å². The van der Waals surface area contributed by atoms with Gasteiger partial charge in [0.2, 0.25) is 0 Å². The molecule has 1 saturated carbocycles. The molecule has 11 rings (SSSR count). The van der Waals surface area contributed by atoms with Gasteiger partial charge in [0, 0.05) is 28.0 Å². The second-order valence-corrected chi connectivity index (χ2v) is 19.6. The summed E-state index contributed by atoms with van der Waals surface area (Å²) in [5.41, 5.74) is 22.9. The number of hydrogen-bond acceptors (Lipinski definition) is 2. The van der Waals surface area contributed by atoms with E-state index in [9.17, 15) is 0 Å². The van der Waals surface area contributed by atoms with E-state index in [2.05, 4.69) is 212 Å². The lowest BCUT2D eigenvalue weighted by Gasteiger charge is -2.51. The summed E-state index contributed by atoms with van der Waals surface area (Å²) in [6.45, 7) is 16.9. The van der Waals surface area contributed by atoms with Crippen molar-refractivity contribution in [3.63, 3.8) is 0 Å². The van der Waals surface area contributed by atoms with Crippen molar-refractivity contribution in [3.05, 3.63) is 190 Å². The predicted octanol–water partition coefficient (Wildman–Crippen LogP) is 13.1. The Balaban J connectivity index is 1.25. The highest BCUT2D eigenvalue weighted by atomic mass is 15.3. The topological polar surface area (TPSA) is 15.3 Å². The van der Waals surface area contributed by atoms with E-state index in [4.69, 9.17) is 0 Å². The Bertz CT molecular complexity index is 2810. The number of anilines is 4. The zero-order chi connectivity index (χ0) is 41.2. The van der Waals surface area contributed by atoms with Crippen LogP contribution in [0.1, 0.15) is 105 Å². The Morgan fingerprint density at radius 3 is 1.95 bits per heavy atom. The highest BCUT2D eigenvalue weighted by Crippen LogP contribution is 2.62. The van der Waals surface area contributed by atoms with E-state index >= 15 is 0 Å². The first-order valence-corrected chi connectivity index (χ1v) is 22.2. The van der Waals surface area contributed by atoms with Crippen LogP contribution in [0, 0.1) is 13.8 Å². The van der Waals surface area contributed by atoms with Crippen LogP contribution in [-0.4, -0.2) is 12.8 Å². The van der Waals surface area contributed by atoms with E-state index < -0.39 is 5.41 Å². The van der Waals surface area contributed by atoms with Crippen molar-refractivity contribution in [1.29, 1.82) is 0 Å². The standard InChI is InChI=1S/C57H54BN2/c1-36-20-18-21-37(2)50(36)38-32-43(51-49(33-38)60-53-46(55(6)30-16-17-31-56(55,60)7)34-41(54(3,4)5)35-47(53)58-51)42-26-19-28-45-52(42)59-48-29-15-14-27-44(48)57(45,39-22-10-8-11-23-39)40-24-12-9-13-25-40/h8-15,18-29,32-35,59H,16-17,30-31H2,1-7H3. The third-order valence-electron chi connectivity index (χ3n) is 15.3. The molecule has 1 N–H and O–H groups in total. The third kappa shape index (κ3) is 5.02. The monoisotopic (exact) mass is 777 g/mol. The lowest BCUT2D eigenvalue weighted by molar-refractivity contribution is 0.195. The summed E-state index contributed by atoms with van der Waals surface area (Å²) in [4.78, 5) is 2.84. The second-order valence-electron chi connectivity index (χ2n) is 19.6. The molecule has 7 aromatic carbocycles. The van der Waals surface area contributed by atoms with Crippen LogP contribution in [0.15, 0.2) is 146 Å². The van der Waals surface area contributed by atoms with Gasteiger partial charge in [-0.2, -0.15) is 0 Å². The van der Waals surface area contributed by atoms with Crippen molar-refractivity contribution < 1.29 is 0 Å². The largest absolute Gasteiger partial charge is 0.354 e. The number of rotatable bonds is 4. The van der Waals surface area contributed by atoms with E-state index in [1.54, 1.807) is 5.56 Å². The SMILES string of the molecule is Cc1cccc(C)c1-c1cc(-c2cccc3c2Nc2ccccc2C3(c2ccccc2)c2ccccc2)c2c(c1)N1c3c(cc(C(C)(C)C)cc3C3(C)CCCCC13C)[B]2. The average molecular weight is 778 g/mol. The van der Waals surface area contributed by atoms with E-state index in [0.29, 0.717) is 0 Å². The van der Waals surface area contributed by atoms with Crippen LogP contribution in [-0.2, 0) is 16.2 Å². The fourth-order valence-electron chi connectivity index (χ4n) is 12.1. The zero-order valence-corrected chi connectivity index (χ0v) is 36.2. The molecule has 295 valence electrons. The number of fused-ring (bicyclic) bond motifs is 7. The van der Waals surface area contributed by atoms with Crippen LogP contribution < -0.4 is 21.1 Å². The molecule has 0 bridgehead atoms. The van der Waals surface area contributed by atoms with Crippen molar-refractivity contribution in [2.24, 2.45) is 0 Å². The highest BCUT2D eigenvalue weighted by Gasteiger charge is 2.59. The highest BCUT2D eigenvalue weighted by molar-refractivity contribution is 6.73. The predicted molar refractivity (Wildman–Crippen MR) is 255 cm³/mol. The summed E-state index contributed by atoms with van der Waals surface area (Å²) in [6, 6.07) is 55.3. The Morgan fingerprint density at radius 2 is 1.25 bits per heavy atom. The molecule has 0 amide bonds. The molecule has 7 aromatic rings. The number of hydrogen-bond donors (Lipinski definition) is 1. The van der Waals surface area contributed by atoms with Crippen LogP contribution in [0.3, 0.4) is 0 Å². The molecule has 2 atom stereocenters. The summed E-state index contributed by atoms with van der Waals surface area (Å²) in [5.74, 6) is 0. The molecule has 3 heterocycles. The first kappa shape index (κ1) is 37.2. The first-order valence-electron chi connectivity index (χ1n) is 22.2. The molecular formula is C57H54BN2. The number of nitrogens with zero attached hydrogens (tertiary/aromatic N) is 1. The lowest BCUT2D eigenvalue weighted by Crippen LogP contribution is -2.57. The molecule has 0 aromatic heterocycles. The fourth-order valence-corrected chi connectivity index (χ4v) is 12.1. The normalized spacial score (nSPS) is 20.5. The summed E-state index contributed by atoms with van der Waals surface area (Å²) in [6.07, 6.45) is 4.89. The minimum absolute atomic E-state index is 0.0254. The van der Waals surface area contributed by atoms with Gasteiger partial charge >= 0.3 is 0 Å². The quantitative estimate of drug-likeness (QED) is 0.179. The van der Waals surface area contributed by atoms with Gasteiger partial charge in [-0.1, -0.05) is 179 Å². The first-order chi connectivity index (χ1) is 28.9. The van der Waals surface area contributed by atoms with Crippen molar-refractivity contribution in [2.45, 2.75) is 95.9 Å². The maximum absolute atomic E-state index is 4.11. The number of para-hydroxylation sites is 2. The summed E-state index contributed by atoms with van der Waals surface area (Å²) < 4.78 is 0. The average Bonchev–Trinajstić information content (AvgIpc) is 3.46. The van der Waals surface area contributed by atoms with Gasteiger partial charge in [-0.05, 0) is 118 Å². The molecule has 1 fully saturated rings. The van der Waals surface area contributed by atoms with Gasteiger partial charge in [0.25, 0.3) is 0 Å². The maximum Gasteiger partial charge on any atom is 0.197 e. The minimum Gasteiger partial charge on any atom is -0.354 e. The van der Waals surface area contributed by atoms with Gasteiger partial charge < -0.3 is 10.2 Å². The van der Waals surface area contributed by atoms with Crippen LogP contribution in [0.5, 0.6) is 0 Å². The Hall–Kier alpha value is -5.80. The molecule has 60 heavy (non-hydrogen) atoms. The van der Waals surface area contributed by atoms with Gasteiger partial charge in [0.05, 0.1) is 16.6 Å². The number of nitrogens with one attached hydrogen (secondary N) is 1. The van der Waals surface area contributed by atoms with Crippen LogP contribution in [0.25, 0.3) is 22.3 Å². The van der Waals surface area contributed by atoms with Crippen molar-refractivity contribution >= 4 is 41.0 Å². The Morgan fingerprint density at radius 1 is 0.617 bits per heavy atom. The summed E-state index contributed by atoms with van der Waals surface area (Å²) in [7, 11) is 2.56. The van der Waals surface area contributed by atoms with E-state index in [-0.39, 0.29) is 16.4 Å². The molecule has 2 unspecified atom stereocenters. The fraction of sp³-hybridized carbons (Fsp3) is 0.263. The zero-order valence-electron chi connectivity index (χ0n) is 36.2. The molecule has 0 saturated heterocycles. The van der Waals surface area contributed by atoms with Gasteiger partial charge in [-0.3, -0.25) is 0 Å². The molecular weight excluding hydrogens is 723 g/mol.